The molecule has 0 saturated carbocycles. The van der Waals surface area contributed by atoms with Crippen molar-refractivity contribution in [3.63, 3.8) is 0 Å². The Labute approximate surface area is 89.2 Å². The molecule has 0 aromatic rings. The quantitative estimate of drug-likeness (QED) is 0.380. The van der Waals surface area contributed by atoms with Crippen LogP contribution < -0.4 is 0 Å². The summed E-state index contributed by atoms with van der Waals surface area (Å²) in [5.41, 5.74) is 0. The van der Waals surface area contributed by atoms with Crippen molar-refractivity contribution in [3.05, 3.63) is 0 Å². The Morgan fingerprint density at radius 2 is 1.11 bits per heavy atom. The first kappa shape index (κ1) is 16.8. The third kappa shape index (κ3) is 258. The van der Waals surface area contributed by atoms with E-state index >= 15 is 0 Å². The van der Waals surface area contributed by atoms with Crippen LogP contribution in [0, 0.1) is 0 Å². The van der Waals surface area contributed by atoms with Gasteiger partial charge >= 0.3 is 31.0 Å². The molecule has 0 aromatic carbocycles. The van der Waals surface area contributed by atoms with Gasteiger partial charge in [0.25, 0.3) is 0 Å². The summed E-state index contributed by atoms with van der Waals surface area (Å²) >= 11 is 16.6. The molecule has 0 spiro atoms. The second kappa shape index (κ2) is 34.2. The van der Waals surface area contributed by atoms with Crippen molar-refractivity contribution in [2.75, 3.05) is 0 Å². The molecule has 0 fully saturated rings. The summed E-state index contributed by atoms with van der Waals surface area (Å²) in [7, 11) is 0. The van der Waals surface area contributed by atoms with Crippen LogP contribution in [0.4, 0.5) is 0 Å². The van der Waals surface area contributed by atoms with Gasteiger partial charge in [-0.05, 0) is 0 Å². The molecule has 52 valence electrons. The van der Waals surface area contributed by atoms with Crippen molar-refractivity contribution in [1.82, 2.24) is 0 Å². The van der Waals surface area contributed by atoms with Crippen molar-refractivity contribution < 1.29 is 0 Å². The van der Waals surface area contributed by atoms with Crippen molar-refractivity contribution in [2.45, 2.75) is 9.88 Å². The van der Waals surface area contributed by atoms with E-state index in [1.807, 2.05) is 0 Å². The molecule has 0 aliphatic carbocycles. The van der Waals surface area contributed by atoms with E-state index in [1.54, 1.807) is 0 Å². The zero-order valence-electron chi connectivity index (χ0n) is 5.29. The summed E-state index contributed by atoms with van der Waals surface area (Å²) in [5, 5.41) is 0. The zero-order chi connectivity index (χ0) is 8.12. The second-order valence-corrected chi connectivity index (χ2v) is 5.09. The van der Waals surface area contributed by atoms with Gasteiger partial charge in [0.2, 0.25) is 0 Å². The summed E-state index contributed by atoms with van der Waals surface area (Å²) in [6, 6.07) is 0. The van der Waals surface area contributed by atoms with Crippen LogP contribution in [0.15, 0.2) is 0 Å². The maximum absolute atomic E-state index is 4.08. The molecule has 0 bridgehead atoms. The van der Waals surface area contributed by atoms with Gasteiger partial charge in [-0.3, -0.25) is 0 Å². The van der Waals surface area contributed by atoms with E-state index in [0.717, 1.165) is 0 Å². The molecule has 0 nitrogen and oxygen atoms in total. The van der Waals surface area contributed by atoms with E-state index in [0.29, 0.717) is 0 Å². The molecule has 0 unspecified atom stereocenters. The van der Waals surface area contributed by atoms with Crippen LogP contribution in [-0.4, -0.2) is 30.5 Å². The molecule has 5 heteroatoms. The number of hydrogen-bond donors (Lipinski definition) is 0. The Balaban J connectivity index is -0.0000000600. The fourth-order valence-electron chi connectivity index (χ4n) is 0. The Hall–Kier alpha value is 1.42. The Morgan fingerprint density at radius 1 is 1.11 bits per heavy atom. The fraction of sp³-hybridized carbons (Fsp3) is 0.500. The van der Waals surface area contributed by atoms with Crippen molar-refractivity contribution in [2.24, 2.45) is 0 Å². The maximum atomic E-state index is 4.08. The average Bonchev–Trinajstić information content (AvgIpc) is 1.70. The van der Waals surface area contributed by atoms with Gasteiger partial charge in [0, 0.05) is 0 Å². The molecule has 0 atom stereocenters. The van der Waals surface area contributed by atoms with Crippen LogP contribution in [0.1, 0.15) is 0 Å². The number of thiocarbonyl (C=S) groups is 2. The molecule has 0 radical (unpaired) electrons. The predicted octanol–water partition coefficient (Wildman–Crippen LogP) is 1.77. The molecule has 0 aliphatic heterocycles. The van der Waals surface area contributed by atoms with E-state index in [9.17, 15) is 0 Å². The molecular formula is C4H8S4Sn. The van der Waals surface area contributed by atoms with Crippen molar-refractivity contribution >= 4 is 80.2 Å². The first-order valence-electron chi connectivity index (χ1n) is 1.94. The molecule has 0 aromatic heterocycles. The third-order valence-electron chi connectivity index (χ3n) is 0. The van der Waals surface area contributed by atoms with E-state index in [1.165, 1.54) is 9.40 Å². The van der Waals surface area contributed by atoms with Crippen LogP contribution in [-0.2, 0) is 25.3 Å². The number of hydrogen-bond acceptors (Lipinski definition) is 4. The summed E-state index contributed by atoms with van der Waals surface area (Å²) in [5.74, 6) is 0. The standard InChI is InChI=1S/2CH2S2.2CH3.Sn/c2*2-1-3;;;/h2*1H,(H,2,3);2*1H3;/q;;;;+2/p-2. The molecule has 0 aliphatic rings. The minimum absolute atomic E-state index is 0.230. The van der Waals surface area contributed by atoms with Crippen LogP contribution >= 0.6 is 24.4 Å². The Bertz CT molecular complexity index is 41.8. The third-order valence-corrected chi connectivity index (χ3v) is 0. The summed E-state index contributed by atoms with van der Waals surface area (Å²) in [6.45, 7) is 0. The van der Waals surface area contributed by atoms with Gasteiger partial charge in [-0.1, -0.05) is 0 Å². The number of rotatable bonds is 0. The van der Waals surface area contributed by atoms with Crippen LogP contribution in [0.25, 0.3) is 0 Å². The molecule has 9 heavy (non-hydrogen) atoms. The zero-order valence-corrected chi connectivity index (χ0v) is 11.4. The summed E-state index contributed by atoms with van der Waals surface area (Å²) in [6.07, 6.45) is 0. The topological polar surface area (TPSA) is 0 Å². The van der Waals surface area contributed by atoms with E-state index in [-0.39, 0.29) is 21.1 Å². The Kier molecular flexibility index (Phi) is 63.8. The molecule has 0 saturated heterocycles. The molecule has 0 rings (SSSR count). The summed E-state index contributed by atoms with van der Waals surface area (Å²) < 4.78 is 2.33. The van der Waals surface area contributed by atoms with Gasteiger partial charge in [0.1, 0.15) is 0 Å². The van der Waals surface area contributed by atoms with Gasteiger partial charge < -0.3 is 49.7 Å². The van der Waals surface area contributed by atoms with E-state index in [4.69, 9.17) is 0 Å². The predicted molar refractivity (Wildman–Crippen MR) is 59.5 cm³/mol. The van der Waals surface area contributed by atoms with Crippen molar-refractivity contribution in [3.8, 4) is 0 Å². The average molecular weight is 303 g/mol. The molecule has 0 heterocycles. The minimum atomic E-state index is 0.230. The van der Waals surface area contributed by atoms with Gasteiger partial charge in [0.15, 0.2) is 0 Å². The van der Waals surface area contributed by atoms with Gasteiger partial charge in [-0.2, -0.15) is 9.40 Å². The first-order chi connectivity index (χ1) is 4.24. The van der Waals surface area contributed by atoms with Gasteiger partial charge in [-0.25, -0.2) is 0 Å². The van der Waals surface area contributed by atoms with Crippen LogP contribution in [0.5, 0.6) is 0 Å². The molecule has 0 amide bonds. The van der Waals surface area contributed by atoms with Crippen LogP contribution in [0.2, 0.25) is 9.88 Å². The first-order valence-corrected chi connectivity index (χ1v) is 9.54. The van der Waals surface area contributed by atoms with E-state index in [2.05, 4.69) is 59.6 Å². The monoisotopic (exact) mass is 304 g/mol. The van der Waals surface area contributed by atoms with Gasteiger partial charge in [0.05, 0.1) is 0 Å². The Morgan fingerprint density at radius 3 is 1.11 bits per heavy atom. The SMILES string of the molecule is S=C[S-].S=C[S-].[CH3][Sn+2][CH3]. The summed E-state index contributed by atoms with van der Waals surface area (Å²) in [4.78, 5) is 4.59. The molecular weight excluding hydrogens is 295 g/mol. The van der Waals surface area contributed by atoms with E-state index < -0.39 is 0 Å². The van der Waals surface area contributed by atoms with Gasteiger partial charge in [-0.15, -0.1) is 0 Å². The van der Waals surface area contributed by atoms with Crippen LogP contribution in [0.3, 0.4) is 0 Å². The fourth-order valence-corrected chi connectivity index (χ4v) is 0. The normalized spacial score (nSPS) is 3.78. The van der Waals surface area contributed by atoms with Crippen molar-refractivity contribution in [1.29, 1.82) is 0 Å². The molecule has 0 N–H and O–H groups in total. The second-order valence-electron chi connectivity index (χ2n) is 0.692.